The van der Waals surface area contributed by atoms with Crippen molar-refractivity contribution in [3.05, 3.63) is 36.5 Å². The SMILES string of the molecule is CCCC/C=C\C/C=C\CCCCCCCC(=O)OC(CO)COCCCCCCCC/C=C\CCCCCC. The summed E-state index contributed by atoms with van der Waals surface area (Å²) >= 11 is 0. The van der Waals surface area contributed by atoms with Crippen LogP contribution in [-0.2, 0) is 14.3 Å². The number of carbonyl (C=O) groups excluding carboxylic acids is 1. The highest BCUT2D eigenvalue weighted by atomic mass is 16.6. The Bertz CT molecular complexity index is 596. The van der Waals surface area contributed by atoms with E-state index in [4.69, 9.17) is 9.47 Å². The average molecular weight is 563 g/mol. The van der Waals surface area contributed by atoms with E-state index in [0.29, 0.717) is 13.0 Å². The van der Waals surface area contributed by atoms with Crippen LogP contribution in [0.15, 0.2) is 36.5 Å². The van der Waals surface area contributed by atoms with Crippen LogP contribution in [0.2, 0.25) is 0 Å². The molecule has 234 valence electrons. The molecule has 4 heteroatoms. The second kappa shape index (κ2) is 33.8. The number of hydrogen-bond donors (Lipinski definition) is 1. The maximum atomic E-state index is 12.1. The third-order valence-electron chi connectivity index (χ3n) is 7.19. The number of hydrogen-bond acceptors (Lipinski definition) is 4. The minimum absolute atomic E-state index is 0.180. The molecule has 0 aliphatic rings. The first-order valence-corrected chi connectivity index (χ1v) is 17.1. The van der Waals surface area contributed by atoms with Gasteiger partial charge in [-0.3, -0.25) is 4.79 Å². The number of rotatable bonds is 31. The Balaban J connectivity index is 3.49. The van der Waals surface area contributed by atoms with E-state index in [0.717, 1.165) is 38.5 Å². The second-order valence-electron chi connectivity index (χ2n) is 11.2. The van der Waals surface area contributed by atoms with E-state index in [1.807, 2.05) is 0 Å². The lowest BCUT2D eigenvalue weighted by Gasteiger charge is -2.15. The van der Waals surface area contributed by atoms with E-state index in [1.54, 1.807) is 0 Å². The van der Waals surface area contributed by atoms with Crippen molar-refractivity contribution in [1.29, 1.82) is 0 Å². The Morgan fingerprint density at radius 3 is 1.65 bits per heavy atom. The van der Waals surface area contributed by atoms with Gasteiger partial charge in [-0.15, -0.1) is 0 Å². The lowest BCUT2D eigenvalue weighted by Crippen LogP contribution is -2.27. The molecule has 0 aliphatic heterocycles. The summed E-state index contributed by atoms with van der Waals surface area (Å²) in [5.41, 5.74) is 0. The summed E-state index contributed by atoms with van der Waals surface area (Å²) in [6, 6.07) is 0. The van der Waals surface area contributed by atoms with Gasteiger partial charge in [-0.1, -0.05) is 127 Å². The van der Waals surface area contributed by atoms with E-state index in [2.05, 4.69) is 50.3 Å². The highest BCUT2D eigenvalue weighted by Crippen LogP contribution is 2.11. The largest absolute Gasteiger partial charge is 0.457 e. The summed E-state index contributed by atoms with van der Waals surface area (Å²) in [5, 5.41) is 9.52. The molecule has 0 aromatic rings. The van der Waals surface area contributed by atoms with Crippen LogP contribution < -0.4 is 0 Å². The molecule has 0 aromatic carbocycles. The standard InChI is InChI=1S/C36H66O4/c1-3-5-7-9-11-13-15-17-19-21-23-25-27-29-31-36(38)40-35(33-37)34-39-32-30-28-26-24-22-20-18-16-14-12-10-8-6-4-2/h9,11,14-17,35,37H,3-8,10,12-13,18-34H2,1-2H3/b11-9-,16-14-,17-15-. The van der Waals surface area contributed by atoms with Gasteiger partial charge < -0.3 is 14.6 Å². The summed E-state index contributed by atoms with van der Waals surface area (Å²) in [6.07, 6.45) is 40.3. The van der Waals surface area contributed by atoms with Gasteiger partial charge in [-0.2, -0.15) is 0 Å². The molecule has 40 heavy (non-hydrogen) atoms. The first kappa shape index (κ1) is 38.6. The van der Waals surface area contributed by atoms with Crippen LogP contribution in [-0.4, -0.2) is 37.0 Å². The smallest absolute Gasteiger partial charge is 0.306 e. The van der Waals surface area contributed by atoms with Crippen molar-refractivity contribution in [3.63, 3.8) is 0 Å². The molecule has 0 bridgehead atoms. The third kappa shape index (κ3) is 31.1. The van der Waals surface area contributed by atoms with Crippen LogP contribution in [0, 0.1) is 0 Å². The zero-order valence-electron chi connectivity index (χ0n) is 26.6. The molecule has 0 spiro atoms. The highest BCUT2D eigenvalue weighted by Gasteiger charge is 2.13. The maximum Gasteiger partial charge on any atom is 0.306 e. The number of carbonyl (C=O) groups is 1. The molecule has 1 atom stereocenters. The quantitative estimate of drug-likeness (QED) is 0.0518. The predicted octanol–water partition coefficient (Wildman–Crippen LogP) is 10.6. The van der Waals surface area contributed by atoms with Crippen molar-refractivity contribution in [2.24, 2.45) is 0 Å². The van der Waals surface area contributed by atoms with Crippen LogP contribution in [0.25, 0.3) is 0 Å². The highest BCUT2D eigenvalue weighted by molar-refractivity contribution is 5.69. The summed E-state index contributed by atoms with van der Waals surface area (Å²) in [6.45, 7) is 5.26. The fourth-order valence-corrected chi connectivity index (χ4v) is 4.57. The van der Waals surface area contributed by atoms with Gasteiger partial charge in [0.15, 0.2) is 0 Å². The third-order valence-corrected chi connectivity index (χ3v) is 7.19. The fraction of sp³-hybridized carbons (Fsp3) is 0.806. The topological polar surface area (TPSA) is 55.8 Å². The number of ether oxygens (including phenoxy) is 2. The van der Waals surface area contributed by atoms with Crippen LogP contribution in [0.4, 0.5) is 0 Å². The van der Waals surface area contributed by atoms with Gasteiger partial charge in [-0.25, -0.2) is 0 Å². The lowest BCUT2D eigenvalue weighted by atomic mass is 10.1. The van der Waals surface area contributed by atoms with Crippen LogP contribution >= 0.6 is 0 Å². The summed E-state index contributed by atoms with van der Waals surface area (Å²) < 4.78 is 11.1. The Labute approximate surface area is 249 Å². The minimum Gasteiger partial charge on any atom is -0.457 e. The molecule has 0 amide bonds. The average Bonchev–Trinajstić information content (AvgIpc) is 2.96. The molecule has 0 aliphatic carbocycles. The number of aliphatic hydroxyl groups excluding tert-OH is 1. The Morgan fingerprint density at radius 2 is 1.07 bits per heavy atom. The lowest BCUT2D eigenvalue weighted by molar-refractivity contribution is -0.154. The van der Waals surface area contributed by atoms with Crippen molar-refractivity contribution in [2.75, 3.05) is 19.8 Å². The van der Waals surface area contributed by atoms with Crippen molar-refractivity contribution < 1.29 is 19.4 Å². The van der Waals surface area contributed by atoms with Crippen LogP contribution in [0.3, 0.4) is 0 Å². The Hall–Kier alpha value is -1.39. The molecule has 0 saturated heterocycles. The van der Waals surface area contributed by atoms with Gasteiger partial charge in [0.2, 0.25) is 0 Å². The van der Waals surface area contributed by atoms with Gasteiger partial charge >= 0.3 is 5.97 Å². The molecule has 1 unspecified atom stereocenters. The molecule has 0 aromatic heterocycles. The monoisotopic (exact) mass is 562 g/mol. The van der Waals surface area contributed by atoms with Crippen molar-refractivity contribution >= 4 is 5.97 Å². The summed E-state index contributed by atoms with van der Waals surface area (Å²) in [5.74, 6) is -0.219. The molecule has 0 rings (SSSR count). The number of unbranched alkanes of at least 4 members (excludes halogenated alkanes) is 17. The van der Waals surface area contributed by atoms with Gasteiger partial charge in [0.1, 0.15) is 6.10 Å². The predicted molar refractivity (Wildman–Crippen MR) is 173 cm³/mol. The van der Waals surface area contributed by atoms with E-state index in [1.165, 1.54) is 103 Å². The number of aliphatic hydroxyl groups is 1. The van der Waals surface area contributed by atoms with Crippen molar-refractivity contribution in [3.8, 4) is 0 Å². The molecule has 4 nitrogen and oxygen atoms in total. The molecule has 0 heterocycles. The summed E-state index contributed by atoms with van der Waals surface area (Å²) in [7, 11) is 0. The normalized spacial score (nSPS) is 12.8. The van der Waals surface area contributed by atoms with E-state index in [9.17, 15) is 9.90 Å². The molecule has 0 saturated carbocycles. The Morgan fingerprint density at radius 1 is 0.600 bits per heavy atom. The van der Waals surface area contributed by atoms with E-state index < -0.39 is 6.10 Å². The first-order valence-electron chi connectivity index (χ1n) is 17.1. The second-order valence-corrected chi connectivity index (χ2v) is 11.2. The summed E-state index contributed by atoms with van der Waals surface area (Å²) in [4.78, 5) is 12.1. The molecular weight excluding hydrogens is 496 g/mol. The van der Waals surface area contributed by atoms with Gasteiger partial charge in [0.25, 0.3) is 0 Å². The van der Waals surface area contributed by atoms with Crippen LogP contribution in [0.5, 0.6) is 0 Å². The number of allylic oxidation sites excluding steroid dienone is 6. The number of esters is 1. The molecule has 0 fully saturated rings. The molecular formula is C36H66O4. The van der Waals surface area contributed by atoms with Gasteiger partial charge in [-0.05, 0) is 64.2 Å². The molecule has 0 radical (unpaired) electrons. The van der Waals surface area contributed by atoms with E-state index >= 15 is 0 Å². The minimum atomic E-state index is -0.541. The van der Waals surface area contributed by atoms with Gasteiger partial charge in [0, 0.05) is 13.0 Å². The maximum absolute atomic E-state index is 12.1. The molecule has 1 N–H and O–H groups in total. The zero-order chi connectivity index (χ0) is 29.2. The van der Waals surface area contributed by atoms with E-state index in [-0.39, 0.29) is 19.2 Å². The Kier molecular flexibility index (Phi) is 32.6. The first-order chi connectivity index (χ1) is 19.7. The van der Waals surface area contributed by atoms with Crippen molar-refractivity contribution in [1.82, 2.24) is 0 Å². The van der Waals surface area contributed by atoms with Crippen molar-refractivity contribution in [2.45, 2.75) is 168 Å². The van der Waals surface area contributed by atoms with Crippen LogP contribution in [0.1, 0.15) is 162 Å². The van der Waals surface area contributed by atoms with Gasteiger partial charge in [0.05, 0.1) is 13.2 Å². The zero-order valence-corrected chi connectivity index (χ0v) is 26.6. The fourth-order valence-electron chi connectivity index (χ4n) is 4.57.